The summed E-state index contributed by atoms with van der Waals surface area (Å²) in [6.45, 7) is 0. The molecule has 0 radical (unpaired) electrons. The van der Waals surface area contributed by atoms with Crippen LogP contribution in [0.4, 0.5) is 9.39 Å². The molecule has 2 aromatic rings. The summed E-state index contributed by atoms with van der Waals surface area (Å²) in [7, 11) is 0. The van der Waals surface area contributed by atoms with Crippen molar-refractivity contribution >= 4 is 42.4 Å². The maximum Gasteiger partial charge on any atom is 0.360 e. The molecule has 1 aromatic heterocycles. The summed E-state index contributed by atoms with van der Waals surface area (Å²) < 4.78 is 14.7. The van der Waals surface area contributed by atoms with Crippen molar-refractivity contribution in [2.24, 2.45) is 0 Å². The minimum absolute atomic E-state index is 0.296. The number of thiophene rings is 1. The first-order valence-corrected chi connectivity index (χ1v) is 5.22. The summed E-state index contributed by atoms with van der Waals surface area (Å²) in [6.07, 6.45) is 0. The van der Waals surface area contributed by atoms with Crippen LogP contribution in [0, 0.1) is 15.9 Å². The number of fused-ring (bicyclic) bond motifs is 1. The van der Waals surface area contributed by atoms with Gasteiger partial charge in [0, 0.05) is 14.6 Å². The van der Waals surface area contributed by atoms with E-state index in [0.29, 0.717) is 10.1 Å². The number of rotatable bonds is 1. The van der Waals surface area contributed by atoms with Gasteiger partial charge in [-0.3, -0.25) is 10.1 Å². The maximum atomic E-state index is 13.4. The lowest BCUT2D eigenvalue weighted by Crippen LogP contribution is -1.85. The van der Waals surface area contributed by atoms with Crippen molar-refractivity contribution in [3.05, 3.63) is 38.6 Å². The Morgan fingerprint density at radius 3 is 2.86 bits per heavy atom. The number of halogens is 2. The van der Waals surface area contributed by atoms with E-state index >= 15 is 0 Å². The van der Waals surface area contributed by atoms with E-state index in [1.54, 1.807) is 12.1 Å². The predicted molar refractivity (Wildman–Crippen MR) is 56.1 cm³/mol. The third-order valence-corrected chi connectivity index (χ3v) is 3.31. The van der Waals surface area contributed by atoms with Crippen molar-refractivity contribution in [1.82, 2.24) is 0 Å². The lowest BCUT2D eigenvalue weighted by Gasteiger charge is -1.88. The van der Waals surface area contributed by atoms with Crippen LogP contribution in [0.2, 0.25) is 0 Å². The zero-order chi connectivity index (χ0) is 10.3. The van der Waals surface area contributed by atoms with E-state index in [4.69, 9.17) is 0 Å². The second kappa shape index (κ2) is 3.29. The molecule has 0 atom stereocenters. The Kier molecular flexibility index (Phi) is 2.24. The summed E-state index contributed by atoms with van der Waals surface area (Å²) in [5, 5.41) is 10.3. The fourth-order valence-corrected chi connectivity index (χ4v) is 2.59. The highest BCUT2D eigenvalue weighted by Gasteiger charge is 2.21. The highest BCUT2D eigenvalue weighted by molar-refractivity contribution is 9.10. The lowest BCUT2D eigenvalue weighted by atomic mass is 10.2. The fraction of sp³-hybridized carbons (Fsp3) is 0. The normalized spacial score (nSPS) is 10.7. The number of benzene rings is 1. The minimum atomic E-state index is -0.748. The van der Waals surface area contributed by atoms with Crippen LogP contribution >= 0.6 is 27.3 Å². The number of nitrogens with zero attached hydrogens (tertiary/aromatic N) is 1. The summed E-state index contributed by atoms with van der Waals surface area (Å²) >= 11 is 4.06. The number of hydrogen-bond donors (Lipinski definition) is 0. The van der Waals surface area contributed by atoms with Crippen molar-refractivity contribution < 1.29 is 9.31 Å². The summed E-state index contributed by atoms with van der Waals surface area (Å²) in [5.74, 6) is -0.748. The van der Waals surface area contributed by atoms with E-state index < -0.39 is 15.7 Å². The van der Waals surface area contributed by atoms with Gasteiger partial charge in [-0.1, -0.05) is 27.3 Å². The largest absolute Gasteiger partial charge is 0.360 e. The summed E-state index contributed by atoms with van der Waals surface area (Å²) in [6, 6.07) is 4.84. The highest BCUT2D eigenvalue weighted by Crippen LogP contribution is 2.36. The van der Waals surface area contributed by atoms with Gasteiger partial charge in [0.05, 0.1) is 4.92 Å². The number of nitro groups is 1. The molecule has 0 spiro atoms. The summed E-state index contributed by atoms with van der Waals surface area (Å²) in [5.41, 5.74) is 0. The average Bonchev–Trinajstić information content (AvgIpc) is 2.43. The molecule has 0 unspecified atom stereocenters. The van der Waals surface area contributed by atoms with Gasteiger partial charge >= 0.3 is 5.00 Å². The van der Waals surface area contributed by atoms with Crippen molar-refractivity contribution in [3.63, 3.8) is 0 Å². The molecule has 2 rings (SSSR count). The van der Waals surface area contributed by atoms with Crippen molar-refractivity contribution in [1.29, 1.82) is 0 Å². The van der Waals surface area contributed by atoms with E-state index in [0.717, 1.165) is 15.8 Å². The van der Waals surface area contributed by atoms with Gasteiger partial charge in [0.1, 0.15) is 0 Å². The van der Waals surface area contributed by atoms with Crippen LogP contribution in [0.5, 0.6) is 0 Å². The third kappa shape index (κ3) is 1.40. The first-order chi connectivity index (χ1) is 6.59. The second-order valence-electron chi connectivity index (χ2n) is 2.62. The van der Waals surface area contributed by atoms with E-state index in [1.807, 2.05) is 0 Å². The highest BCUT2D eigenvalue weighted by atomic mass is 79.9. The smallest absolute Gasteiger partial charge is 0.257 e. The molecule has 1 heterocycles. The zero-order valence-electron chi connectivity index (χ0n) is 6.66. The van der Waals surface area contributed by atoms with E-state index in [2.05, 4.69) is 15.9 Å². The van der Waals surface area contributed by atoms with Gasteiger partial charge in [0.15, 0.2) is 0 Å². The van der Waals surface area contributed by atoms with Crippen molar-refractivity contribution in [2.45, 2.75) is 0 Å². The van der Waals surface area contributed by atoms with Gasteiger partial charge in [-0.25, -0.2) is 0 Å². The van der Waals surface area contributed by atoms with Crippen LogP contribution < -0.4 is 0 Å². The van der Waals surface area contributed by atoms with Crippen LogP contribution in [0.1, 0.15) is 0 Å². The Hall–Kier alpha value is -1.01. The lowest BCUT2D eigenvalue weighted by molar-refractivity contribution is -0.382. The van der Waals surface area contributed by atoms with Gasteiger partial charge in [0.25, 0.3) is 0 Å². The van der Waals surface area contributed by atoms with Crippen molar-refractivity contribution in [2.75, 3.05) is 0 Å². The molecule has 0 bridgehead atoms. The number of hydrogen-bond acceptors (Lipinski definition) is 3. The van der Waals surface area contributed by atoms with Crippen LogP contribution in [0.3, 0.4) is 0 Å². The first kappa shape index (κ1) is 9.54. The monoisotopic (exact) mass is 275 g/mol. The molecule has 0 N–H and O–H groups in total. The molecular formula is C8H3BrFNO2S. The molecule has 0 fully saturated rings. The van der Waals surface area contributed by atoms with E-state index in [1.165, 1.54) is 6.07 Å². The molecule has 3 nitrogen and oxygen atoms in total. The molecular weight excluding hydrogens is 273 g/mol. The Bertz CT molecular complexity index is 525. The molecule has 0 saturated carbocycles. The third-order valence-electron chi connectivity index (χ3n) is 1.74. The van der Waals surface area contributed by atoms with E-state index in [-0.39, 0.29) is 0 Å². The Morgan fingerprint density at radius 2 is 2.21 bits per heavy atom. The molecule has 14 heavy (non-hydrogen) atoms. The quantitative estimate of drug-likeness (QED) is 0.588. The van der Waals surface area contributed by atoms with Crippen LogP contribution in [0.25, 0.3) is 10.1 Å². The minimum Gasteiger partial charge on any atom is -0.257 e. The first-order valence-electron chi connectivity index (χ1n) is 3.61. The van der Waals surface area contributed by atoms with Crippen LogP contribution in [-0.4, -0.2) is 4.92 Å². The molecule has 6 heteroatoms. The molecule has 0 aliphatic carbocycles. The topological polar surface area (TPSA) is 43.1 Å². The van der Waals surface area contributed by atoms with Gasteiger partial charge in [0.2, 0.25) is 5.82 Å². The molecule has 0 amide bonds. The van der Waals surface area contributed by atoms with Crippen molar-refractivity contribution in [3.8, 4) is 0 Å². The maximum absolute atomic E-state index is 13.4. The Labute approximate surface area is 90.4 Å². The predicted octanol–water partition coefficient (Wildman–Crippen LogP) is 3.71. The molecule has 1 aromatic carbocycles. The molecule has 0 saturated heterocycles. The fourth-order valence-electron chi connectivity index (χ4n) is 1.14. The molecule has 0 aliphatic heterocycles. The van der Waals surface area contributed by atoms with Crippen LogP contribution in [-0.2, 0) is 0 Å². The van der Waals surface area contributed by atoms with E-state index in [9.17, 15) is 14.5 Å². The van der Waals surface area contributed by atoms with Gasteiger partial charge < -0.3 is 0 Å². The van der Waals surface area contributed by atoms with Gasteiger partial charge in [-0.2, -0.15) is 4.39 Å². The SMILES string of the molecule is O=[N+]([O-])c1sc2cc(Br)ccc2c1F. The van der Waals surface area contributed by atoms with Crippen LogP contribution in [0.15, 0.2) is 22.7 Å². The van der Waals surface area contributed by atoms with Gasteiger partial charge in [-0.15, -0.1) is 0 Å². The van der Waals surface area contributed by atoms with Gasteiger partial charge in [-0.05, 0) is 18.2 Å². The average molecular weight is 276 g/mol. The summed E-state index contributed by atoms with van der Waals surface area (Å²) in [4.78, 5) is 9.74. The Balaban J connectivity index is 2.79. The molecule has 0 aliphatic rings. The zero-order valence-corrected chi connectivity index (χ0v) is 9.06. The second-order valence-corrected chi connectivity index (χ2v) is 4.57. The molecule has 72 valence electrons. The Morgan fingerprint density at radius 1 is 1.50 bits per heavy atom. The standard InChI is InChI=1S/C8H3BrFNO2S/c9-4-1-2-5-6(3-4)14-8(7(5)10)11(12)13/h1-3H.